The number of aryl methyl sites for hydroxylation is 1. The van der Waals surface area contributed by atoms with Crippen molar-refractivity contribution in [2.24, 2.45) is 0 Å². The third-order valence-corrected chi connectivity index (χ3v) is 3.31. The summed E-state index contributed by atoms with van der Waals surface area (Å²) in [7, 11) is 0. The summed E-state index contributed by atoms with van der Waals surface area (Å²) in [5.74, 6) is 0.0942. The molecule has 1 N–H and O–H groups in total. The molecule has 96 valence electrons. The Balaban J connectivity index is 2.11. The molecule has 1 atom stereocenters. The predicted octanol–water partition coefficient (Wildman–Crippen LogP) is 2.88. The van der Waals surface area contributed by atoms with Gasteiger partial charge in [-0.3, -0.25) is 4.68 Å². The second-order valence-corrected chi connectivity index (χ2v) is 4.78. The Morgan fingerprint density at radius 1 is 1.33 bits per heavy atom. The number of halogens is 1. The maximum atomic E-state index is 9.51. The Morgan fingerprint density at radius 2 is 2.06 bits per heavy atom. The van der Waals surface area contributed by atoms with E-state index in [1.807, 2.05) is 41.3 Å². The summed E-state index contributed by atoms with van der Waals surface area (Å²) in [4.78, 5) is 0. The van der Waals surface area contributed by atoms with Crippen LogP contribution in [0.3, 0.4) is 0 Å². The smallest absolute Gasteiger partial charge is 0.0521 e. The fraction of sp³-hybridized carbons (Fsp3) is 0.357. The molecule has 1 aromatic heterocycles. The zero-order chi connectivity index (χ0) is 13.0. The molecule has 2 aromatic rings. The Hall–Kier alpha value is -1.32. The van der Waals surface area contributed by atoms with Gasteiger partial charge in [-0.2, -0.15) is 5.10 Å². The molecule has 1 heterocycles. The Morgan fingerprint density at radius 3 is 2.61 bits per heavy atom. The quantitative estimate of drug-likeness (QED) is 0.902. The van der Waals surface area contributed by atoms with E-state index in [2.05, 4.69) is 12.0 Å². The van der Waals surface area contributed by atoms with E-state index in [9.17, 15) is 5.11 Å². The highest BCUT2D eigenvalue weighted by Gasteiger charge is 2.12. The van der Waals surface area contributed by atoms with E-state index in [0.717, 1.165) is 24.1 Å². The van der Waals surface area contributed by atoms with Crippen LogP contribution in [0.25, 0.3) is 0 Å². The highest BCUT2D eigenvalue weighted by atomic mass is 35.5. The SMILES string of the molecule is CCn1cc(CC(CO)c2ccc(Cl)cc2)cn1. The van der Waals surface area contributed by atoms with Gasteiger partial charge in [0.2, 0.25) is 0 Å². The van der Waals surface area contributed by atoms with Gasteiger partial charge in [0.25, 0.3) is 0 Å². The number of aromatic nitrogens is 2. The maximum Gasteiger partial charge on any atom is 0.0521 e. The van der Waals surface area contributed by atoms with Gasteiger partial charge in [-0.1, -0.05) is 23.7 Å². The lowest BCUT2D eigenvalue weighted by atomic mass is 9.94. The molecule has 0 saturated carbocycles. The first kappa shape index (κ1) is 13.1. The molecule has 1 aromatic carbocycles. The largest absolute Gasteiger partial charge is 0.396 e. The van der Waals surface area contributed by atoms with Crippen LogP contribution in [0.4, 0.5) is 0 Å². The molecule has 3 nitrogen and oxygen atoms in total. The van der Waals surface area contributed by atoms with Gasteiger partial charge >= 0.3 is 0 Å². The third-order valence-electron chi connectivity index (χ3n) is 3.05. The lowest BCUT2D eigenvalue weighted by Gasteiger charge is -2.13. The molecule has 2 rings (SSSR count). The zero-order valence-corrected chi connectivity index (χ0v) is 11.1. The van der Waals surface area contributed by atoms with Crippen LogP contribution in [0.2, 0.25) is 5.02 Å². The molecule has 0 fully saturated rings. The molecule has 0 aliphatic carbocycles. The molecule has 0 aliphatic heterocycles. The summed E-state index contributed by atoms with van der Waals surface area (Å²) in [6.45, 7) is 3.04. The average Bonchev–Trinajstić information content (AvgIpc) is 2.85. The topological polar surface area (TPSA) is 38.0 Å². The minimum atomic E-state index is 0.0942. The van der Waals surface area contributed by atoms with Gasteiger partial charge in [-0.25, -0.2) is 0 Å². The molecule has 0 radical (unpaired) electrons. The van der Waals surface area contributed by atoms with Gasteiger partial charge in [0.1, 0.15) is 0 Å². The highest BCUT2D eigenvalue weighted by Crippen LogP contribution is 2.22. The van der Waals surface area contributed by atoms with Crippen molar-refractivity contribution in [3.05, 3.63) is 52.8 Å². The number of hydrogen-bond acceptors (Lipinski definition) is 2. The first-order chi connectivity index (χ1) is 8.72. The lowest BCUT2D eigenvalue weighted by molar-refractivity contribution is 0.264. The normalized spacial score (nSPS) is 12.6. The Labute approximate surface area is 112 Å². The van der Waals surface area contributed by atoms with Crippen molar-refractivity contribution in [2.45, 2.75) is 25.8 Å². The molecule has 18 heavy (non-hydrogen) atoms. The third kappa shape index (κ3) is 3.12. The van der Waals surface area contributed by atoms with Crippen molar-refractivity contribution in [1.82, 2.24) is 9.78 Å². The van der Waals surface area contributed by atoms with Crippen LogP contribution in [0, 0.1) is 0 Å². The van der Waals surface area contributed by atoms with Gasteiger partial charge in [0, 0.05) is 23.7 Å². The summed E-state index contributed by atoms with van der Waals surface area (Å²) in [6, 6.07) is 7.64. The van der Waals surface area contributed by atoms with E-state index in [4.69, 9.17) is 11.6 Å². The monoisotopic (exact) mass is 264 g/mol. The molecule has 0 saturated heterocycles. The number of hydrogen-bond donors (Lipinski definition) is 1. The van der Waals surface area contributed by atoms with E-state index in [1.165, 1.54) is 0 Å². The van der Waals surface area contributed by atoms with Crippen LogP contribution < -0.4 is 0 Å². The van der Waals surface area contributed by atoms with Crippen LogP contribution in [0.5, 0.6) is 0 Å². The van der Waals surface area contributed by atoms with E-state index < -0.39 is 0 Å². The average molecular weight is 265 g/mol. The zero-order valence-electron chi connectivity index (χ0n) is 10.4. The molecular formula is C14H17ClN2O. The lowest BCUT2D eigenvalue weighted by Crippen LogP contribution is -2.07. The van der Waals surface area contributed by atoms with Crippen molar-refractivity contribution in [2.75, 3.05) is 6.61 Å². The van der Waals surface area contributed by atoms with Gasteiger partial charge in [-0.05, 0) is 36.6 Å². The van der Waals surface area contributed by atoms with E-state index in [0.29, 0.717) is 5.02 Å². The van der Waals surface area contributed by atoms with Crippen molar-refractivity contribution in [1.29, 1.82) is 0 Å². The summed E-state index contributed by atoms with van der Waals surface area (Å²) in [6.07, 6.45) is 4.68. The maximum absolute atomic E-state index is 9.51. The number of rotatable bonds is 5. The van der Waals surface area contributed by atoms with Crippen molar-refractivity contribution >= 4 is 11.6 Å². The Kier molecular flexibility index (Phi) is 4.39. The van der Waals surface area contributed by atoms with Crippen LogP contribution in [-0.4, -0.2) is 21.5 Å². The standard InChI is InChI=1S/C14H17ClN2O/c1-2-17-9-11(8-16-17)7-13(10-18)12-3-5-14(15)6-4-12/h3-6,8-9,13,18H,2,7,10H2,1H3. The molecule has 0 amide bonds. The second kappa shape index (κ2) is 6.03. The van der Waals surface area contributed by atoms with Gasteiger partial charge < -0.3 is 5.11 Å². The minimum Gasteiger partial charge on any atom is -0.396 e. The van der Waals surface area contributed by atoms with Gasteiger partial charge in [-0.15, -0.1) is 0 Å². The summed E-state index contributed by atoms with van der Waals surface area (Å²) < 4.78 is 1.89. The first-order valence-corrected chi connectivity index (χ1v) is 6.48. The molecular weight excluding hydrogens is 248 g/mol. The van der Waals surface area contributed by atoms with Crippen molar-refractivity contribution in [3.63, 3.8) is 0 Å². The van der Waals surface area contributed by atoms with Crippen LogP contribution in [-0.2, 0) is 13.0 Å². The van der Waals surface area contributed by atoms with Gasteiger partial charge in [0.05, 0.1) is 12.8 Å². The summed E-state index contributed by atoms with van der Waals surface area (Å²) >= 11 is 5.87. The summed E-state index contributed by atoms with van der Waals surface area (Å²) in [5.41, 5.74) is 2.25. The van der Waals surface area contributed by atoms with E-state index in [-0.39, 0.29) is 12.5 Å². The second-order valence-electron chi connectivity index (χ2n) is 4.34. The number of benzene rings is 1. The predicted molar refractivity (Wildman–Crippen MR) is 72.9 cm³/mol. The molecule has 1 unspecified atom stereocenters. The molecule has 0 spiro atoms. The fourth-order valence-electron chi connectivity index (χ4n) is 1.99. The molecule has 4 heteroatoms. The Bertz CT molecular complexity index is 493. The number of aliphatic hydroxyl groups excluding tert-OH is 1. The van der Waals surface area contributed by atoms with E-state index >= 15 is 0 Å². The highest BCUT2D eigenvalue weighted by molar-refractivity contribution is 6.30. The van der Waals surface area contributed by atoms with Crippen LogP contribution in [0.15, 0.2) is 36.7 Å². The van der Waals surface area contributed by atoms with E-state index in [1.54, 1.807) is 0 Å². The fourth-order valence-corrected chi connectivity index (χ4v) is 2.12. The minimum absolute atomic E-state index is 0.0942. The summed E-state index contributed by atoms with van der Waals surface area (Å²) in [5, 5.41) is 14.5. The molecule has 0 aliphatic rings. The van der Waals surface area contributed by atoms with Crippen LogP contribution >= 0.6 is 11.6 Å². The number of aliphatic hydroxyl groups is 1. The number of nitrogens with zero attached hydrogens (tertiary/aromatic N) is 2. The first-order valence-electron chi connectivity index (χ1n) is 6.10. The van der Waals surface area contributed by atoms with Crippen molar-refractivity contribution < 1.29 is 5.11 Å². The van der Waals surface area contributed by atoms with Crippen LogP contribution in [0.1, 0.15) is 24.0 Å². The molecule has 0 bridgehead atoms. The van der Waals surface area contributed by atoms with Gasteiger partial charge in [0.15, 0.2) is 0 Å². The van der Waals surface area contributed by atoms with Crippen molar-refractivity contribution in [3.8, 4) is 0 Å².